The SMILES string of the molecule is c1ccc(Nc2ccc(-c3ccc4ccc5ccc6nc(-c7ccccc7)oc6c5c4c3)cc2)cc1. The number of oxazole rings is 1. The Hall–Kier alpha value is -4.89. The second kappa shape index (κ2) is 8.40. The molecule has 170 valence electrons. The van der Waals surface area contributed by atoms with Crippen molar-refractivity contribution in [2.45, 2.75) is 0 Å². The molecule has 1 heterocycles. The van der Waals surface area contributed by atoms with Crippen LogP contribution in [0.1, 0.15) is 0 Å². The first-order valence-electron chi connectivity index (χ1n) is 12.1. The van der Waals surface area contributed by atoms with Gasteiger partial charge in [0.25, 0.3) is 0 Å². The van der Waals surface area contributed by atoms with Crippen molar-refractivity contribution >= 4 is 44.0 Å². The van der Waals surface area contributed by atoms with Crippen LogP contribution in [0.4, 0.5) is 11.4 Å². The number of anilines is 2. The van der Waals surface area contributed by atoms with Crippen LogP contribution in [0.15, 0.2) is 132 Å². The van der Waals surface area contributed by atoms with Gasteiger partial charge in [0.1, 0.15) is 5.52 Å². The summed E-state index contributed by atoms with van der Waals surface area (Å²) in [7, 11) is 0. The Morgan fingerprint density at radius 2 is 1.17 bits per heavy atom. The van der Waals surface area contributed by atoms with E-state index in [9.17, 15) is 0 Å². The van der Waals surface area contributed by atoms with Crippen molar-refractivity contribution in [3.05, 3.63) is 127 Å². The number of fused-ring (bicyclic) bond motifs is 5. The molecule has 0 radical (unpaired) electrons. The Morgan fingerprint density at radius 3 is 1.97 bits per heavy atom. The van der Waals surface area contributed by atoms with Crippen molar-refractivity contribution in [3.8, 4) is 22.6 Å². The average molecular weight is 463 g/mol. The van der Waals surface area contributed by atoms with Gasteiger partial charge in [-0.1, -0.05) is 78.9 Å². The van der Waals surface area contributed by atoms with Gasteiger partial charge in [0.05, 0.1) is 0 Å². The maximum absolute atomic E-state index is 6.37. The van der Waals surface area contributed by atoms with E-state index in [-0.39, 0.29) is 0 Å². The number of hydrogen-bond acceptors (Lipinski definition) is 3. The second-order valence-electron chi connectivity index (χ2n) is 8.97. The quantitative estimate of drug-likeness (QED) is 0.265. The van der Waals surface area contributed by atoms with Gasteiger partial charge in [-0.15, -0.1) is 0 Å². The van der Waals surface area contributed by atoms with Gasteiger partial charge in [0.15, 0.2) is 5.58 Å². The monoisotopic (exact) mass is 462 g/mol. The molecule has 1 N–H and O–H groups in total. The van der Waals surface area contributed by atoms with Crippen LogP contribution in [-0.4, -0.2) is 4.98 Å². The van der Waals surface area contributed by atoms with Gasteiger partial charge in [0.2, 0.25) is 5.89 Å². The zero-order valence-electron chi connectivity index (χ0n) is 19.5. The fourth-order valence-electron chi connectivity index (χ4n) is 4.84. The third kappa shape index (κ3) is 3.58. The summed E-state index contributed by atoms with van der Waals surface area (Å²) in [6.07, 6.45) is 0. The van der Waals surface area contributed by atoms with Crippen LogP contribution < -0.4 is 5.32 Å². The standard InChI is InChI=1S/C33H22N2O/c1-3-7-25(8-4-1)33-35-30-20-17-24-13-11-23-12-14-26(21-29(23)31(24)32(30)36-33)22-15-18-28(19-16-22)34-27-9-5-2-6-10-27/h1-21,34H. The summed E-state index contributed by atoms with van der Waals surface area (Å²) in [5.41, 5.74) is 7.16. The first-order valence-corrected chi connectivity index (χ1v) is 12.1. The minimum atomic E-state index is 0.646. The zero-order valence-corrected chi connectivity index (χ0v) is 19.5. The lowest BCUT2D eigenvalue weighted by molar-refractivity contribution is 0.623. The third-order valence-corrected chi connectivity index (χ3v) is 6.66. The van der Waals surface area contributed by atoms with Crippen LogP contribution in [0.3, 0.4) is 0 Å². The Balaban J connectivity index is 1.34. The molecule has 0 fully saturated rings. The number of hydrogen-bond donors (Lipinski definition) is 1. The minimum absolute atomic E-state index is 0.646. The molecule has 3 heteroatoms. The van der Waals surface area contributed by atoms with Crippen LogP contribution in [0.2, 0.25) is 0 Å². The fourth-order valence-corrected chi connectivity index (χ4v) is 4.84. The summed E-state index contributed by atoms with van der Waals surface area (Å²) in [4.78, 5) is 4.79. The predicted molar refractivity (Wildman–Crippen MR) is 150 cm³/mol. The van der Waals surface area contributed by atoms with Crippen LogP contribution in [0, 0.1) is 0 Å². The molecule has 0 aliphatic rings. The highest BCUT2D eigenvalue weighted by Crippen LogP contribution is 2.36. The Bertz CT molecular complexity index is 1840. The molecule has 0 bridgehead atoms. The summed E-state index contributed by atoms with van der Waals surface area (Å²) in [5, 5.41) is 8.04. The summed E-state index contributed by atoms with van der Waals surface area (Å²) in [6, 6.07) is 44.0. The maximum atomic E-state index is 6.37. The van der Waals surface area contributed by atoms with Crippen molar-refractivity contribution in [2.75, 3.05) is 5.32 Å². The van der Waals surface area contributed by atoms with Gasteiger partial charge < -0.3 is 9.73 Å². The van der Waals surface area contributed by atoms with E-state index in [4.69, 9.17) is 9.40 Å². The molecule has 7 rings (SSSR count). The van der Waals surface area contributed by atoms with E-state index < -0.39 is 0 Å². The highest BCUT2D eigenvalue weighted by molar-refractivity contribution is 6.18. The largest absolute Gasteiger partial charge is 0.435 e. The topological polar surface area (TPSA) is 38.1 Å². The molecule has 0 aliphatic carbocycles. The van der Waals surface area contributed by atoms with Gasteiger partial charge in [-0.25, -0.2) is 4.98 Å². The molecule has 3 nitrogen and oxygen atoms in total. The Labute approximate surface area is 208 Å². The van der Waals surface area contributed by atoms with Crippen LogP contribution >= 0.6 is 0 Å². The molecule has 0 unspecified atom stereocenters. The molecular formula is C33H22N2O. The molecule has 0 aliphatic heterocycles. The Morgan fingerprint density at radius 1 is 0.528 bits per heavy atom. The number of nitrogens with zero attached hydrogens (tertiary/aromatic N) is 1. The zero-order chi connectivity index (χ0) is 23.9. The van der Waals surface area contributed by atoms with Gasteiger partial charge >= 0.3 is 0 Å². The van der Waals surface area contributed by atoms with Crippen molar-refractivity contribution < 1.29 is 4.42 Å². The van der Waals surface area contributed by atoms with Crippen LogP contribution in [-0.2, 0) is 0 Å². The van der Waals surface area contributed by atoms with E-state index in [1.807, 2.05) is 54.6 Å². The van der Waals surface area contributed by atoms with Crippen LogP contribution in [0.5, 0.6) is 0 Å². The third-order valence-electron chi connectivity index (χ3n) is 6.66. The van der Waals surface area contributed by atoms with Gasteiger partial charge in [0, 0.05) is 22.3 Å². The van der Waals surface area contributed by atoms with Gasteiger partial charge in [-0.2, -0.15) is 0 Å². The summed E-state index contributed by atoms with van der Waals surface area (Å²) in [6.45, 7) is 0. The number of para-hydroxylation sites is 1. The van der Waals surface area contributed by atoms with Crippen molar-refractivity contribution in [2.24, 2.45) is 0 Å². The van der Waals surface area contributed by atoms with Crippen molar-refractivity contribution in [1.82, 2.24) is 4.98 Å². The molecule has 0 atom stereocenters. The summed E-state index contributed by atoms with van der Waals surface area (Å²) < 4.78 is 6.37. The molecule has 0 saturated carbocycles. The Kier molecular flexibility index (Phi) is 4.78. The number of aromatic nitrogens is 1. The lowest BCUT2D eigenvalue weighted by Crippen LogP contribution is -1.89. The van der Waals surface area contributed by atoms with E-state index in [1.54, 1.807) is 0 Å². The molecule has 1 aromatic heterocycles. The predicted octanol–water partition coefficient (Wildman–Crippen LogP) is 9.21. The highest BCUT2D eigenvalue weighted by Gasteiger charge is 2.14. The van der Waals surface area contributed by atoms with E-state index in [2.05, 4.69) is 78.1 Å². The average Bonchev–Trinajstić information content (AvgIpc) is 3.39. The summed E-state index contributed by atoms with van der Waals surface area (Å²) >= 11 is 0. The first kappa shape index (κ1) is 20.5. The normalized spacial score (nSPS) is 11.3. The van der Waals surface area contributed by atoms with E-state index >= 15 is 0 Å². The molecule has 6 aromatic carbocycles. The number of rotatable bonds is 4. The lowest BCUT2D eigenvalue weighted by atomic mass is 9.96. The second-order valence-corrected chi connectivity index (χ2v) is 8.97. The van der Waals surface area contributed by atoms with E-state index in [0.717, 1.165) is 44.2 Å². The molecule has 0 saturated heterocycles. The fraction of sp³-hybridized carbons (Fsp3) is 0. The van der Waals surface area contributed by atoms with Crippen molar-refractivity contribution in [3.63, 3.8) is 0 Å². The molecule has 0 amide bonds. The highest BCUT2D eigenvalue weighted by atomic mass is 16.3. The first-order chi connectivity index (χ1) is 17.8. The molecule has 7 aromatic rings. The van der Waals surface area contributed by atoms with Crippen molar-refractivity contribution in [1.29, 1.82) is 0 Å². The smallest absolute Gasteiger partial charge is 0.227 e. The summed E-state index contributed by atoms with van der Waals surface area (Å²) in [5.74, 6) is 0.646. The minimum Gasteiger partial charge on any atom is -0.435 e. The lowest BCUT2D eigenvalue weighted by Gasteiger charge is -2.10. The van der Waals surface area contributed by atoms with Gasteiger partial charge in [-0.05, 0) is 75.8 Å². The molecule has 36 heavy (non-hydrogen) atoms. The number of benzene rings is 6. The van der Waals surface area contributed by atoms with E-state index in [1.165, 1.54) is 16.5 Å². The molecular weight excluding hydrogens is 440 g/mol. The van der Waals surface area contributed by atoms with Gasteiger partial charge in [-0.3, -0.25) is 0 Å². The van der Waals surface area contributed by atoms with Crippen LogP contribution in [0.25, 0.3) is 55.2 Å². The maximum Gasteiger partial charge on any atom is 0.227 e. The van der Waals surface area contributed by atoms with E-state index in [0.29, 0.717) is 5.89 Å². The number of nitrogens with one attached hydrogen (secondary N) is 1. The molecule has 0 spiro atoms.